The van der Waals surface area contributed by atoms with Gasteiger partial charge in [0.15, 0.2) is 6.73 Å². The van der Waals surface area contributed by atoms with Crippen molar-refractivity contribution in [1.29, 1.82) is 0 Å². The molecule has 1 aromatic heterocycles. The Kier molecular flexibility index (Phi) is 6.30. The highest BCUT2D eigenvalue weighted by atomic mass is 35.5. The molecule has 3 aromatic rings. The number of anilines is 3. The van der Waals surface area contributed by atoms with E-state index >= 15 is 0 Å². The molecule has 0 spiro atoms. The van der Waals surface area contributed by atoms with Crippen LogP contribution in [0.3, 0.4) is 0 Å². The van der Waals surface area contributed by atoms with E-state index in [9.17, 15) is 13.2 Å². The number of hydrogen-bond donors (Lipinski definition) is 1. The second-order valence-electron chi connectivity index (χ2n) is 8.08. The number of aromatic nitrogens is 2. The molecule has 182 valence electrons. The molecule has 0 fully saturated rings. The normalized spacial score (nSPS) is 15.9. The van der Waals surface area contributed by atoms with E-state index in [-0.39, 0.29) is 35.8 Å². The molecule has 0 bridgehead atoms. The van der Waals surface area contributed by atoms with Crippen LogP contribution in [-0.2, 0) is 23.0 Å². The Morgan fingerprint density at radius 1 is 1.14 bits per heavy atom. The lowest BCUT2D eigenvalue weighted by atomic mass is 10.0. The van der Waals surface area contributed by atoms with Crippen LogP contribution in [0.15, 0.2) is 42.6 Å². The summed E-state index contributed by atoms with van der Waals surface area (Å²) in [5, 5.41) is 3.80. The molecule has 0 radical (unpaired) electrons. The number of sulfonamides is 1. The molecule has 2 aliphatic rings. The minimum atomic E-state index is -3.22. The number of carbonyl (C=O) groups excluding carboxylic acids is 1. The first-order valence-corrected chi connectivity index (χ1v) is 13.3. The van der Waals surface area contributed by atoms with Crippen LogP contribution in [0.1, 0.15) is 28.4 Å². The Hall–Kier alpha value is -2.92. The summed E-state index contributed by atoms with van der Waals surface area (Å²) in [5.74, 6) is 0.149. The highest BCUT2D eigenvalue weighted by Crippen LogP contribution is 2.37. The molecule has 12 heteroatoms. The van der Waals surface area contributed by atoms with E-state index < -0.39 is 10.0 Å². The van der Waals surface area contributed by atoms with Crippen LogP contribution < -0.4 is 15.0 Å². The molecule has 1 amide bonds. The standard InChI is InChI=1S/C23H21Cl2N5O4S/c1-2-35(32,33)29-9-8-14-10-16(7-6-15(14)12-29)27-23-26-11-17-21(28-23)34-13-30(22(17)31)20-18(24)4-3-5-19(20)25/h3-7,10-11H,2,8-9,12-13H2,1H3,(H,26,27,28). The van der Waals surface area contributed by atoms with Crippen molar-refractivity contribution in [3.8, 4) is 5.88 Å². The Balaban J connectivity index is 1.34. The second-order valence-corrected chi connectivity index (χ2v) is 11.2. The predicted molar refractivity (Wildman–Crippen MR) is 134 cm³/mol. The van der Waals surface area contributed by atoms with Crippen molar-refractivity contribution in [2.75, 3.05) is 29.2 Å². The van der Waals surface area contributed by atoms with E-state index in [0.29, 0.717) is 35.2 Å². The van der Waals surface area contributed by atoms with Crippen LogP contribution >= 0.6 is 23.2 Å². The zero-order valence-corrected chi connectivity index (χ0v) is 21.0. The number of nitrogens with one attached hydrogen (secondary N) is 1. The number of fused-ring (bicyclic) bond motifs is 2. The van der Waals surface area contributed by atoms with E-state index in [2.05, 4.69) is 15.3 Å². The van der Waals surface area contributed by atoms with Crippen molar-refractivity contribution in [2.45, 2.75) is 19.9 Å². The highest BCUT2D eigenvalue weighted by molar-refractivity contribution is 7.89. The lowest BCUT2D eigenvalue weighted by Gasteiger charge is -2.29. The number of amides is 1. The van der Waals surface area contributed by atoms with Gasteiger partial charge < -0.3 is 10.1 Å². The number of carbonyl (C=O) groups is 1. The summed E-state index contributed by atoms with van der Waals surface area (Å²) in [7, 11) is -3.22. The number of para-hydroxylation sites is 1. The zero-order valence-electron chi connectivity index (χ0n) is 18.7. The largest absolute Gasteiger partial charge is 0.455 e. The van der Waals surface area contributed by atoms with Gasteiger partial charge in [0.25, 0.3) is 5.91 Å². The van der Waals surface area contributed by atoms with Gasteiger partial charge in [0.2, 0.25) is 21.9 Å². The lowest BCUT2D eigenvalue weighted by molar-refractivity contribution is 0.0932. The average Bonchev–Trinajstić information content (AvgIpc) is 2.85. The predicted octanol–water partition coefficient (Wildman–Crippen LogP) is 4.23. The molecule has 2 aliphatic heterocycles. The van der Waals surface area contributed by atoms with Gasteiger partial charge in [-0.2, -0.15) is 9.29 Å². The van der Waals surface area contributed by atoms with E-state index in [1.54, 1.807) is 25.1 Å². The Morgan fingerprint density at radius 3 is 2.66 bits per heavy atom. The van der Waals surface area contributed by atoms with Crippen molar-refractivity contribution < 1.29 is 17.9 Å². The average molecular weight is 534 g/mol. The molecule has 0 saturated heterocycles. The Bertz CT molecular complexity index is 1410. The first-order valence-electron chi connectivity index (χ1n) is 10.9. The molecule has 9 nitrogen and oxygen atoms in total. The molecule has 2 aromatic carbocycles. The van der Waals surface area contributed by atoms with Crippen LogP contribution in [0.2, 0.25) is 10.0 Å². The summed E-state index contributed by atoms with van der Waals surface area (Å²) in [6.07, 6.45) is 2.02. The SMILES string of the molecule is CCS(=O)(=O)N1CCc2cc(Nc3ncc4c(n3)OCN(c3c(Cl)cccc3Cl)C4=O)ccc2C1. The molecular weight excluding hydrogens is 513 g/mol. The van der Waals surface area contributed by atoms with Crippen LogP contribution in [0.4, 0.5) is 17.3 Å². The van der Waals surface area contributed by atoms with Gasteiger partial charge in [-0.1, -0.05) is 35.3 Å². The summed E-state index contributed by atoms with van der Waals surface area (Å²) >= 11 is 12.5. The Labute approximate surface area is 212 Å². The fourth-order valence-electron chi connectivity index (χ4n) is 4.08. The monoisotopic (exact) mass is 533 g/mol. The molecule has 1 N–H and O–H groups in total. The van der Waals surface area contributed by atoms with Crippen LogP contribution in [0.5, 0.6) is 5.88 Å². The van der Waals surface area contributed by atoms with E-state index in [1.807, 2.05) is 18.2 Å². The molecule has 35 heavy (non-hydrogen) atoms. The molecule has 0 atom stereocenters. The third-order valence-corrected chi connectivity index (χ3v) is 8.40. The minimum Gasteiger partial charge on any atom is -0.455 e. The van der Waals surface area contributed by atoms with Gasteiger partial charge in [-0.3, -0.25) is 9.69 Å². The van der Waals surface area contributed by atoms with E-state index in [0.717, 1.165) is 16.8 Å². The number of halogens is 2. The summed E-state index contributed by atoms with van der Waals surface area (Å²) < 4.78 is 31.6. The van der Waals surface area contributed by atoms with Crippen molar-refractivity contribution in [1.82, 2.24) is 14.3 Å². The molecule has 5 rings (SSSR count). The Morgan fingerprint density at radius 2 is 1.91 bits per heavy atom. The molecule has 3 heterocycles. The highest BCUT2D eigenvalue weighted by Gasteiger charge is 2.31. The van der Waals surface area contributed by atoms with Gasteiger partial charge in [-0.05, 0) is 48.7 Å². The van der Waals surface area contributed by atoms with Crippen LogP contribution in [0, 0.1) is 0 Å². The van der Waals surface area contributed by atoms with Gasteiger partial charge in [0, 0.05) is 25.0 Å². The number of hydrogen-bond acceptors (Lipinski definition) is 7. The van der Waals surface area contributed by atoms with Crippen molar-refractivity contribution in [2.24, 2.45) is 0 Å². The number of benzene rings is 2. The summed E-state index contributed by atoms with van der Waals surface area (Å²) in [6, 6.07) is 10.7. The number of rotatable bonds is 5. The van der Waals surface area contributed by atoms with Gasteiger partial charge in [-0.15, -0.1) is 0 Å². The van der Waals surface area contributed by atoms with Gasteiger partial charge in [0.05, 0.1) is 21.5 Å². The van der Waals surface area contributed by atoms with Crippen LogP contribution in [-0.4, -0.2) is 47.6 Å². The third-order valence-electron chi connectivity index (χ3n) is 5.97. The van der Waals surface area contributed by atoms with E-state index in [1.165, 1.54) is 15.4 Å². The summed E-state index contributed by atoms with van der Waals surface area (Å²) in [5.41, 5.74) is 3.35. The van der Waals surface area contributed by atoms with Crippen molar-refractivity contribution in [3.05, 3.63) is 69.3 Å². The maximum Gasteiger partial charge on any atom is 0.268 e. The second kappa shape index (κ2) is 9.27. The molecule has 0 unspecified atom stereocenters. The molecule has 0 aliphatic carbocycles. The van der Waals surface area contributed by atoms with Gasteiger partial charge in [-0.25, -0.2) is 13.4 Å². The van der Waals surface area contributed by atoms with Gasteiger partial charge >= 0.3 is 0 Å². The smallest absolute Gasteiger partial charge is 0.268 e. The number of nitrogens with zero attached hydrogens (tertiary/aromatic N) is 4. The van der Waals surface area contributed by atoms with Crippen LogP contribution in [0.25, 0.3) is 0 Å². The quantitative estimate of drug-likeness (QED) is 0.523. The fraction of sp³-hybridized carbons (Fsp3) is 0.261. The lowest BCUT2D eigenvalue weighted by Crippen LogP contribution is -2.39. The topological polar surface area (TPSA) is 105 Å². The number of ether oxygens (including phenoxy) is 1. The van der Waals surface area contributed by atoms with Crippen molar-refractivity contribution >= 4 is 56.5 Å². The van der Waals surface area contributed by atoms with E-state index in [4.69, 9.17) is 27.9 Å². The molecule has 0 saturated carbocycles. The molecular formula is C23H21Cl2N5O4S. The third kappa shape index (κ3) is 4.54. The summed E-state index contributed by atoms with van der Waals surface area (Å²) in [4.78, 5) is 23.0. The van der Waals surface area contributed by atoms with Gasteiger partial charge in [0.1, 0.15) is 5.56 Å². The first-order chi connectivity index (χ1) is 16.8. The maximum absolute atomic E-state index is 13.1. The fourth-order valence-corrected chi connectivity index (χ4v) is 5.75. The summed E-state index contributed by atoms with van der Waals surface area (Å²) in [6.45, 7) is 2.37. The maximum atomic E-state index is 13.1. The first kappa shape index (κ1) is 23.8. The zero-order chi connectivity index (χ0) is 24.7. The van der Waals surface area contributed by atoms with Crippen molar-refractivity contribution in [3.63, 3.8) is 0 Å². The minimum absolute atomic E-state index is 0.0887.